The first-order chi connectivity index (χ1) is 9.97. The van der Waals surface area contributed by atoms with Crippen LogP contribution in [0.25, 0.3) is 0 Å². The average molecular weight is 355 g/mol. The van der Waals surface area contributed by atoms with E-state index in [4.69, 9.17) is 0 Å². The topological polar surface area (TPSA) is 66.5 Å². The molecule has 21 heavy (non-hydrogen) atoms. The summed E-state index contributed by atoms with van der Waals surface area (Å²) in [6, 6.07) is 5.69. The van der Waals surface area contributed by atoms with E-state index in [0.29, 0.717) is 31.4 Å². The lowest BCUT2D eigenvalue weighted by Gasteiger charge is -2.25. The van der Waals surface area contributed by atoms with E-state index in [1.54, 1.807) is 6.07 Å². The largest absolute Gasteiger partial charge is 0.299 e. The minimum Gasteiger partial charge on any atom is -0.299 e. The molecule has 0 heterocycles. The van der Waals surface area contributed by atoms with Gasteiger partial charge in [-0.25, -0.2) is 0 Å². The van der Waals surface area contributed by atoms with Gasteiger partial charge in [-0.05, 0) is 38.1 Å². The number of hydrogen-bond acceptors (Lipinski definition) is 4. The van der Waals surface area contributed by atoms with Gasteiger partial charge in [0.15, 0.2) is 0 Å². The highest BCUT2D eigenvalue weighted by molar-refractivity contribution is 9.10. The molecule has 0 bridgehead atoms. The highest BCUT2D eigenvalue weighted by atomic mass is 79.9. The summed E-state index contributed by atoms with van der Waals surface area (Å²) >= 11 is 3.40. The summed E-state index contributed by atoms with van der Waals surface area (Å²) in [5, 5.41) is 2.12. The first kappa shape index (κ1) is 17.5. The first-order valence-electron chi connectivity index (χ1n) is 6.64. The standard InChI is InChI=1S/C15H19BrN2O3/c1-11(3-6-15(21)17-10-20)18(2)8-13-7-14(16)5-4-12(13)9-19/h4-5,7,9-11H,3,6,8H2,1-2H3,(H,17,20,21). The first-order valence-corrected chi connectivity index (χ1v) is 7.44. The van der Waals surface area contributed by atoms with Crippen molar-refractivity contribution in [2.24, 2.45) is 0 Å². The molecule has 0 saturated carbocycles. The molecular formula is C15H19BrN2O3. The molecule has 5 nitrogen and oxygen atoms in total. The summed E-state index contributed by atoms with van der Waals surface area (Å²) in [6.07, 6.45) is 2.18. The summed E-state index contributed by atoms with van der Waals surface area (Å²) in [5.41, 5.74) is 1.60. The number of amides is 2. The highest BCUT2D eigenvalue weighted by Crippen LogP contribution is 2.18. The Kier molecular flexibility index (Phi) is 7.25. The fourth-order valence-electron chi connectivity index (χ4n) is 1.95. The number of aldehydes is 1. The van der Waals surface area contributed by atoms with Crippen LogP contribution in [0.3, 0.4) is 0 Å². The van der Waals surface area contributed by atoms with Crippen molar-refractivity contribution in [3.8, 4) is 0 Å². The number of benzene rings is 1. The van der Waals surface area contributed by atoms with Crippen LogP contribution in [0.5, 0.6) is 0 Å². The highest BCUT2D eigenvalue weighted by Gasteiger charge is 2.13. The number of rotatable bonds is 8. The molecule has 0 aromatic heterocycles. The van der Waals surface area contributed by atoms with Crippen molar-refractivity contribution in [1.29, 1.82) is 0 Å². The lowest BCUT2D eigenvalue weighted by molar-refractivity contribution is -0.125. The molecule has 114 valence electrons. The molecule has 6 heteroatoms. The SMILES string of the molecule is CC(CCC(=O)NC=O)N(C)Cc1cc(Br)ccc1C=O. The second-order valence-corrected chi connectivity index (χ2v) is 5.86. The van der Waals surface area contributed by atoms with Crippen LogP contribution >= 0.6 is 15.9 Å². The summed E-state index contributed by atoms with van der Waals surface area (Å²) in [5.74, 6) is -0.277. The van der Waals surface area contributed by atoms with Crippen LogP contribution < -0.4 is 5.32 Å². The van der Waals surface area contributed by atoms with Crippen LogP contribution in [0.4, 0.5) is 0 Å². The molecule has 2 amide bonds. The van der Waals surface area contributed by atoms with Crippen LogP contribution in [0.1, 0.15) is 35.7 Å². The molecule has 1 aromatic rings. The van der Waals surface area contributed by atoms with E-state index in [9.17, 15) is 14.4 Å². The van der Waals surface area contributed by atoms with Crippen LogP contribution in [-0.4, -0.2) is 36.6 Å². The van der Waals surface area contributed by atoms with E-state index >= 15 is 0 Å². The zero-order valence-corrected chi connectivity index (χ0v) is 13.7. The third kappa shape index (κ3) is 5.77. The van der Waals surface area contributed by atoms with Crippen LogP contribution in [0.15, 0.2) is 22.7 Å². The minimum absolute atomic E-state index is 0.154. The van der Waals surface area contributed by atoms with E-state index in [1.807, 2.05) is 26.1 Å². The molecule has 0 saturated heterocycles. The van der Waals surface area contributed by atoms with Gasteiger partial charge in [0.2, 0.25) is 12.3 Å². The summed E-state index contributed by atoms with van der Waals surface area (Å²) in [6.45, 7) is 2.62. The fraction of sp³-hybridized carbons (Fsp3) is 0.400. The van der Waals surface area contributed by atoms with Gasteiger partial charge in [0.25, 0.3) is 0 Å². The zero-order valence-electron chi connectivity index (χ0n) is 12.1. The maximum absolute atomic E-state index is 11.3. The van der Waals surface area contributed by atoms with Crippen molar-refractivity contribution in [3.05, 3.63) is 33.8 Å². The normalized spacial score (nSPS) is 12.0. The maximum Gasteiger partial charge on any atom is 0.226 e. The van der Waals surface area contributed by atoms with Crippen LogP contribution in [0.2, 0.25) is 0 Å². The van der Waals surface area contributed by atoms with E-state index < -0.39 is 0 Å². The second kappa shape index (κ2) is 8.69. The van der Waals surface area contributed by atoms with E-state index in [0.717, 1.165) is 16.3 Å². The van der Waals surface area contributed by atoms with Crippen molar-refractivity contribution >= 4 is 34.5 Å². The molecule has 1 aromatic carbocycles. The van der Waals surface area contributed by atoms with Gasteiger partial charge in [0, 0.05) is 29.0 Å². The Labute approximate surface area is 132 Å². The molecule has 0 spiro atoms. The molecule has 0 aliphatic heterocycles. The summed E-state index contributed by atoms with van der Waals surface area (Å²) < 4.78 is 0.925. The van der Waals surface area contributed by atoms with Gasteiger partial charge in [-0.15, -0.1) is 0 Å². The predicted molar refractivity (Wildman–Crippen MR) is 83.9 cm³/mol. The van der Waals surface area contributed by atoms with Crippen LogP contribution in [-0.2, 0) is 16.1 Å². The number of carbonyl (C=O) groups excluding carboxylic acids is 3. The number of hydrogen-bond donors (Lipinski definition) is 1. The predicted octanol–water partition coefficient (Wildman–Crippen LogP) is 2.13. The van der Waals surface area contributed by atoms with Crippen molar-refractivity contribution < 1.29 is 14.4 Å². The quantitative estimate of drug-likeness (QED) is 0.726. The second-order valence-electron chi connectivity index (χ2n) is 4.95. The van der Waals surface area contributed by atoms with Crippen molar-refractivity contribution in [1.82, 2.24) is 10.2 Å². The number of nitrogens with one attached hydrogen (secondary N) is 1. The van der Waals surface area contributed by atoms with Crippen LogP contribution in [0, 0.1) is 0 Å². The molecule has 1 N–H and O–H groups in total. The van der Waals surface area contributed by atoms with Gasteiger partial charge in [0.05, 0.1) is 0 Å². The van der Waals surface area contributed by atoms with Gasteiger partial charge in [0.1, 0.15) is 6.29 Å². The average Bonchev–Trinajstić information content (AvgIpc) is 2.45. The number of halogens is 1. The Hall–Kier alpha value is -1.53. The smallest absolute Gasteiger partial charge is 0.226 e. The Bertz CT molecular complexity index is 520. The molecule has 0 aliphatic rings. The van der Waals surface area contributed by atoms with Gasteiger partial charge in [-0.1, -0.05) is 22.0 Å². The molecule has 0 radical (unpaired) electrons. The lowest BCUT2D eigenvalue weighted by Crippen LogP contribution is -2.31. The molecule has 1 rings (SSSR count). The Morgan fingerprint density at radius 3 is 2.76 bits per heavy atom. The summed E-state index contributed by atoms with van der Waals surface area (Å²) in [7, 11) is 1.94. The Morgan fingerprint density at radius 2 is 2.14 bits per heavy atom. The molecule has 0 fully saturated rings. The lowest BCUT2D eigenvalue weighted by atomic mass is 10.1. The van der Waals surface area contributed by atoms with E-state index in [1.165, 1.54) is 0 Å². The molecule has 1 unspecified atom stereocenters. The van der Waals surface area contributed by atoms with Gasteiger partial charge in [-0.3, -0.25) is 24.6 Å². The summed E-state index contributed by atoms with van der Waals surface area (Å²) in [4.78, 5) is 34.5. The number of carbonyl (C=O) groups is 3. The van der Waals surface area contributed by atoms with Gasteiger partial charge in [-0.2, -0.15) is 0 Å². The number of imide groups is 1. The maximum atomic E-state index is 11.3. The van der Waals surface area contributed by atoms with Crippen molar-refractivity contribution in [2.75, 3.05) is 7.05 Å². The van der Waals surface area contributed by atoms with Crippen molar-refractivity contribution in [3.63, 3.8) is 0 Å². The third-order valence-electron chi connectivity index (χ3n) is 3.41. The number of nitrogens with zero attached hydrogens (tertiary/aromatic N) is 1. The van der Waals surface area contributed by atoms with E-state index in [2.05, 4.69) is 26.1 Å². The van der Waals surface area contributed by atoms with Crippen molar-refractivity contribution in [2.45, 2.75) is 32.4 Å². The molecule has 1 atom stereocenters. The Morgan fingerprint density at radius 1 is 1.43 bits per heavy atom. The third-order valence-corrected chi connectivity index (χ3v) is 3.91. The minimum atomic E-state index is -0.277. The van der Waals surface area contributed by atoms with Gasteiger partial charge >= 0.3 is 0 Å². The fourth-order valence-corrected chi connectivity index (χ4v) is 2.36. The van der Waals surface area contributed by atoms with Gasteiger partial charge < -0.3 is 0 Å². The van der Waals surface area contributed by atoms with E-state index in [-0.39, 0.29) is 11.9 Å². The zero-order chi connectivity index (χ0) is 15.8. The molecule has 0 aliphatic carbocycles. The molecular weight excluding hydrogens is 336 g/mol. The Balaban J connectivity index is 2.61. The monoisotopic (exact) mass is 354 g/mol.